The van der Waals surface area contributed by atoms with Crippen molar-refractivity contribution in [1.82, 2.24) is 5.32 Å². The number of nitriles is 1. The number of rotatable bonds is 7. The van der Waals surface area contributed by atoms with E-state index in [4.69, 9.17) is 4.42 Å². The van der Waals surface area contributed by atoms with Gasteiger partial charge in [0.05, 0.1) is 40.2 Å². The van der Waals surface area contributed by atoms with Crippen molar-refractivity contribution in [3.05, 3.63) is 110 Å². The molecule has 35 heavy (non-hydrogen) atoms. The first-order chi connectivity index (χ1) is 16.9. The van der Waals surface area contributed by atoms with Gasteiger partial charge in [0, 0.05) is 21.4 Å². The van der Waals surface area contributed by atoms with Gasteiger partial charge in [-0.05, 0) is 49.7 Å². The number of allylic oxidation sites excluding steroid dienone is 2. The maximum absolute atomic E-state index is 13.4. The summed E-state index contributed by atoms with van der Waals surface area (Å²) in [6.07, 6.45) is 1.52. The predicted molar refractivity (Wildman–Crippen MR) is 141 cm³/mol. The molecule has 1 atom stereocenters. The molecule has 176 valence electrons. The third-order valence-corrected chi connectivity index (χ3v) is 7.17. The number of furan rings is 1. The Kier molecular flexibility index (Phi) is 7.59. The average molecular weight is 548 g/mol. The molecule has 1 aromatic heterocycles. The van der Waals surface area contributed by atoms with Crippen LogP contribution in [0.15, 0.2) is 97.7 Å². The smallest absolute Gasteiger partial charge is 0.254 e. The minimum atomic E-state index is -0.703. The summed E-state index contributed by atoms with van der Waals surface area (Å²) in [6, 6.07) is 20.4. The zero-order valence-electron chi connectivity index (χ0n) is 19.1. The molecule has 0 unspecified atom stereocenters. The van der Waals surface area contributed by atoms with E-state index in [1.807, 2.05) is 43.3 Å². The van der Waals surface area contributed by atoms with Crippen LogP contribution < -0.4 is 10.6 Å². The molecule has 1 aliphatic rings. The van der Waals surface area contributed by atoms with Crippen molar-refractivity contribution >= 4 is 45.1 Å². The summed E-state index contributed by atoms with van der Waals surface area (Å²) in [5, 5.41) is 16.8. The van der Waals surface area contributed by atoms with E-state index in [0.717, 1.165) is 10.0 Å². The summed E-state index contributed by atoms with van der Waals surface area (Å²) >= 11 is 4.61. The van der Waals surface area contributed by atoms with Crippen molar-refractivity contribution in [2.75, 3.05) is 11.1 Å². The fourth-order valence-electron chi connectivity index (χ4n) is 3.83. The summed E-state index contributed by atoms with van der Waals surface area (Å²) in [7, 11) is 0. The number of hydrogen-bond acceptors (Lipinski definition) is 6. The highest BCUT2D eigenvalue weighted by molar-refractivity contribution is 9.10. The Labute approximate surface area is 216 Å². The summed E-state index contributed by atoms with van der Waals surface area (Å²) in [5.74, 6) is -0.472. The highest BCUT2D eigenvalue weighted by Crippen LogP contribution is 2.41. The van der Waals surface area contributed by atoms with Gasteiger partial charge >= 0.3 is 0 Å². The fourth-order valence-corrected chi connectivity index (χ4v) is 5.08. The number of nitrogens with zero attached hydrogens (tertiary/aromatic N) is 1. The van der Waals surface area contributed by atoms with Gasteiger partial charge in [-0.2, -0.15) is 5.26 Å². The molecule has 6 nitrogen and oxygen atoms in total. The Morgan fingerprint density at radius 2 is 1.86 bits per heavy atom. The van der Waals surface area contributed by atoms with Crippen molar-refractivity contribution in [2.24, 2.45) is 0 Å². The SMILES string of the molecule is CC1=C(C(=O)Nc2ccccc2C)[C@H](c2ccco2)C(C#N)=C(SCC(=O)c2ccc(Br)cc2)N1. The number of ketones is 1. The third-order valence-electron chi connectivity index (χ3n) is 5.63. The van der Waals surface area contributed by atoms with Gasteiger partial charge in [-0.3, -0.25) is 9.59 Å². The van der Waals surface area contributed by atoms with Crippen LogP contribution >= 0.6 is 27.7 Å². The molecule has 0 radical (unpaired) electrons. The predicted octanol–water partition coefficient (Wildman–Crippen LogP) is 6.30. The van der Waals surface area contributed by atoms with E-state index in [0.29, 0.717) is 38.9 Å². The molecule has 3 aromatic rings. The average Bonchev–Trinajstić information content (AvgIpc) is 3.38. The molecule has 2 N–H and O–H groups in total. The lowest BCUT2D eigenvalue weighted by atomic mass is 9.85. The second-order valence-electron chi connectivity index (χ2n) is 7.95. The number of anilines is 1. The molecule has 2 aromatic carbocycles. The number of Topliss-reactive ketones (excluding diaryl/α,β-unsaturated/α-hetero) is 1. The Morgan fingerprint density at radius 3 is 2.51 bits per heavy atom. The number of carbonyl (C=O) groups excluding carboxylic acids is 2. The first-order valence-electron chi connectivity index (χ1n) is 10.8. The lowest BCUT2D eigenvalue weighted by molar-refractivity contribution is -0.113. The molecule has 1 aliphatic heterocycles. The number of carbonyl (C=O) groups is 2. The van der Waals surface area contributed by atoms with E-state index in [1.54, 1.807) is 31.2 Å². The van der Waals surface area contributed by atoms with E-state index in [-0.39, 0.29) is 17.4 Å². The lowest BCUT2D eigenvalue weighted by Crippen LogP contribution is -2.31. The van der Waals surface area contributed by atoms with Crippen LogP contribution in [0.5, 0.6) is 0 Å². The number of thioether (sulfide) groups is 1. The number of hydrogen-bond donors (Lipinski definition) is 2. The maximum atomic E-state index is 13.4. The summed E-state index contributed by atoms with van der Waals surface area (Å²) in [5.41, 5.74) is 3.52. The Morgan fingerprint density at radius 1 is 1.11 bits per heavy atom. The molecular formula is C27H22BrN3O3S. The number of halogens is 1. The summed E-state index contributed by atoms with van der Waals surface area (Å²) < 4.78 is 6.55. The largest absolute Gasteiger partial charge is 0.468 e. The zero-order valence-corrected chi connectivity index (χ0v) is 21.5. The first-order valence-corrected chi connectivity index (χ1v) is 12.6. The van der Waals surface area contributed by atoms with Gasteiger partial charge in [-0.25, -0.2) is 0 Å². The van der Waals surface area contributed by atoms with Gasteiger partial charge in [-0.1, -0.05) is 58.0 Å². The van der Waals surface area contributed by atoms with Crippen molar-refractivity contribution in [3.8, 4) is 6.07 Å². The quantitative estimate of drug-likeness (QED) is 0.337. The Hall–Kier alpha value is -3.54. The molecule has 0 spiro atoms. The van der Waals surface area contributed by atoms with Gasteiger partial charge in [-0.15, -0.1) is 0 Å². The van der Waals surface area contributed by atoms with E-state index in [1.165, 1.54) is 18.0 Å². The van der Waals surface area contributed by atoms with Gasteiger partial charge in [0.25, 0.3) is 5.91 Å². The molecule has 0 aliphatic carbocycles. The van der Waals surface area contributed by atoms with Crippen LogP contribution in [0.1, 0.15) is 34.5 Å². The Bertz CT molecular complexity index is 1370. The summed E-state index contributed by atoms with van der Waals surface area (Å²) in [4.78, 5) is 26.2. The summed E-state index contributed by atoms with van der Waals surface area (Å²) in [6.45, 7) is 3.70. The molecule has 0 saturated carbocycles. The molecule has 8 heteroatoms. The first kappa shape index (κ1) is 24.6. The molecule has 0 bridgehead atoms. The molecule has 2 heterocycles. The van der Waals surface area contributed by atoms with Crippen LogP contribution in [-0.4, -0.2) is 17.4 Å². The number of nitrogens with one attached hydrogen (secondary N) is 2. The van der Waals surface area contributed by atoms with E-state index >= 15 is 0 Å². The van der Waals surface area contributed by atoms with Crippen molar-refractivity contribution in [3.63, 3.8) is 0 Å². The molecule has 0 saturated heterocycles. The number of para-hydroxylation sites is 1. The van der Waals surface area contributed by atoms with Crippen LogP contribution in [0.25, 0.3) is 0 Å². The second-order valence-corrected chi connectivity index (χ2v) is 9.86. The van der Waals surface area contributed by atoms with E-state index in [9.17, 15) is 14.9 Å². The van der Waals surface area contributed by atoms with Gasteiger partial charge in [0.15, 0.2) is 5.78 Å². The van der Waals surface area contributed by atoms with Crippen molar-refractivity contribution in [1.29, 1.82) is 5.26 Å². The minimum Gasteiger partial charge on any atom is -0.468 e. The van der Waals surface area contributed by atoms with Crippen molar-refractivity contribution < 1.29 is 14.0 Å². The van der Waals surface area contributed by atoms with E-state index < -0.39 is 5.92 Å². The molecule has 0 fully saturated rings. The number of dihydropyridines is 1. The topological polar surface area (TPSA) is 95.1 Å². The normalized spacial score (nSPS) is 15.4. The van der Waals surface area contributed by atoms with E-state index in [2.05, 4.69) is 32.6 Å². The van der Waals surface area contributed by atoms with Crippen LogP contribution in [0.4, 0.5) is 5.69 Å². The second kappa shape index (κ2) is 10.8. The van der Waals surface area contributed by atoms with Crippen LogP contribution in [0.3, 0.4) is 0 Å². The number of amides is 1. The highest BCUT2D eigenvalue weighted by Gasteiger charge is 2.36. The maximum Gasteiger partial charge on any atom is 0.254 e. The zero-order chi connectivity index (χ0) is 24.9. The van der Waals surface area contributed by atoms with Gasteiger partial charge in [0.2, 0.25) is 0 Å². The molecular weight excluding hydrogens is 526 g/mol. The standard InChI is InChI=1S/C27H22BrN3O3S/c1-16-6-3-4-7-21(16)31-26(33)24-17(2)30-27(20(14-29)25(24)23-8-5-13-34-23)35-15-22(32)18-9-11-19(28)12-10-18/h3-13,25,30H,15H2,1-2H3,(H,31,33)/t25-/m0/s1. The minimum absolute atomic E-state index is 0.0617. The number of benzene rings is 2. The highest BCUT2D eigenvalue weighted by atomic mass is 79.9. The molecule has 1 amide bonds. The fraction of sp³-hybridized carbons (Fsp3) is 0.148. The van der Waals surface area contributed by atoms with Crippen LogP contribution in [0, 0.1) is 18.3 Å². The van der Waals surface area contributed by atoms with Crippen LogP contribution in [0.2, 0.25) is 0 Å². The van der Waals surface area contributed by atoms with Crippen molar-refractivity contribution in [2.45, 2.75) is 19.8 Å². The van der Waals surface area contributed by atoms with Gasteiger partial charge in [0.1, 0.15) is 5.76 Å². The van der Waals surface area contributed by atoms with Gasteiger partial charge < -0.3 is 15.1 Å². The third kappa shape index (κ3) is 5.42. The molecule has 4 rings (SSSR count). The lowest BCUT2D eigenvalue weighted by Gasteiger charge is -2.28. The number of aryl methyl sites for hydroxylation is 1. The monoisotopic (exact) mass is 547 g/mol. The Balaban J connectivity index is 1.64. The van der Waals surface area contributed by atoms with Crippen LogP contribution in [-0.2, 0) is 4.79 Å².